The van der Waals surface area contributed by atoms with Gasteiger partial charge in [0.2, 0.25) is 0 Å². The molecule has 1 aromatic rings. The van der Waals surface area contributed by atoms with Gasteiger partial charge >= 0.3 is 24.1 Å². The van der Waals surface area contributed by atoms with Gasteiger partial charge in [0, 0.05) is 12.8 Å². The lowest BCUT2D eigenvalue weighted by Gasteiger charge is -2.22. The molecule has 0 aliphatic heterocycles. The van der Waals surface area contributed by atoms with Crippen LogP contribution in [0.5, 0.6) is 11.5 Å². The van der Waals surface area contributed by atoms with Crippen LogP contribution in [0.25, 0.3) is 0 Å². The third-order valence-corrected chi connectivity index (χ3v) is 4.63. The molecule has 3 atom stereocenters. The molecule has 1 aromatic carbocycles. The van der Waals surface area contributed by atoms with Gasteiger partial charge in [-0.2, -0.15) is 0 Å². The minimum Gasteiger partial charge on any atom is -0.458 e. The molecule has 34 heavy (non-hydrogen) atoms. The summed E-state index contributed by atoms with van der Waals surface area (Å²) < 4.78 is 25.7. The molecule has 0 unspecified atom stereocenters. The van der Waals surface area contributed by atoms with Gasteiger partial charge in [-0.1, -0.05) is 19.9 Å². The van der Waals surface area contributed by atoms with Gasteiger partial charge in [0.05, 0.1) is 6.61 Å². The third-order valence-electron chi connectivity index (χ3n) is 4.63. The van der Waals surface area contributed by atoms with Crippen LogP contribution >= 0.6 is 0 Å². The van der Waals surface area contributed by atoms with Crippen molar-refractivity contribution in [2.24, 2.45) is 5.73 Å². The normalized spacial score (nSPS) is 13.2. The minimum absolute atomic E-state index is 0.0696. The lowest BCUT2D eigenvalue weighted by molar-refractivity contribution is -0.155. The van der Waals surface area contributed by atoms with Crippen LogP contribution in [-0.4, -0.2) is 48.9 Å². The Labute approximate surface area is 200 Å². The lowest BCUT2D eigenvalue weighted by Crippen LogP contribution is -2.39. The van der Waals surface area contributed by atoms with Crippen LogP contribution in [-0.2, 0) is 35.0 Å². The van der Waals surface area contributed by atoms with Crippen molar-refractivity contribution in [1.82, 2.24) is 0 Å². The van der Waals surface area contributed by atoms with Crippen molar-refractivity contribution >= 4 is 24.1 Å². The van der Waals surface area contributed by atoms with E-state index in [-0.39, 0.29) is 37.4 Å². The molecule has 0 radical (unpaired) electrons. The highest BCUT2D eigenvalue weighted by molar-refractivity contribution is 5.77. The fourth-order valence-electron chi connectivity index (χ4n) is 2.70. The van der Waals surface area contributed by atoms with E-state index in [0.29, 0.717) is 18.4 Å². The predicted molar refractivity (Wildman–Crippen MR) is 122 cm³/mol. The second-order valence-electron chi connectivity index (χ2n) is 7.69. The molecule has 0 aliphatic rings. The molecule has 0 fully saturated rings. The SMILES string of the molecule is CCCC(=O)Oc1ccc(C[C@H](N)C(=O)O[C@@H](C)[C@H](C)OC(=O)OCC)cc1OC(=O)CCC. The summed E-state index contributed by atoms with van der Waals surface area (Å²) in [6, 6.07) is 3.58. The van der Waals surface area contributed by atoms with Gasteiger partial charge in [-0.3, -0.25) is 14.4 Å². The van der Waals surface area contributed by atoms with Crippen LogP contribution < -0.4 is 15.2 Å². The number of ether oxygens (including phenoxy) is 5. The molecule has 0 spiro atoms. The Bertz CT molecular complexity index is 840. The summed E-state index contributed by atoms with van der Waals surface area (Å²) in [6.07, 6.45) is -0.658. The van der Waals surface area contributed by atoms with Gasteiger partial charge < -0.3 is 29.4 Å². The van der Waals surface area contributed by atoms with Crippen molar-refractivity contribution in [3.63, 3.8) is 0 Å². The summed E-state index contributed by atoms with van der Waals surface area (Å²) in [5, 5.41) is 0. The fraction of sp³-hybridized carbons (Fsp3) is 0.583. The molecule has 2 N–H and O–H groups in total. The Balaban J connectivity index is 2.87. The van der Waals surface area contributed by atoms with Crippen molar-refractivity contribution in [2.75, 3.05) is 6.61 Å². The van der Waals surface area contributed by atoms with E-state index in [9.17, 15) is 19.2 Å². The molecule has 10 heteroatoms. The number of esters is 3. The first-order chi connectivity index (χ1) is 16.1. The van der Waals surface area contributed by atoms with E-state index < -0.39 is 42.3 Å². The highest BCUT2D eigenvalue weighted by Crippen LogP contribution is 2.30. The van der Waals surface area contributed by atoms with Crippen LogP contribution in [0.1, 0.15) is 65.9 Å². The number of hydrogen-bond donors (Lipinski definition) is 1. The average molecular weight is 482 g/mol. The number of hydrogen-bond acceptors (Lipinski definition) is 10. The fourth-order valence-corrected chi connectivity index (χ4v) is 2.70. The van der Waals surface area contributed by atoms with Gasteiger partial charge in [0.15, 0.2) is 11.5 Å². The number of rotatable bonds is 13. The van der Waals surface area contributed by atoms with Crippen molar-refractivity contribution in [1.29, 1.82) is 0 Å². The molecule has 0 heterocycles. The first-order valence-electron chi connectivity index (χ1n) is 11.4. The van der Waals surface area contributed by atoms with E-state index in [2.05, 4.69) is 0 Å². The second kappa shape index (κ2) is 14.9. The predicted octanol–water partition coefficient (Wildman–Crippen LogP) is 3.46. The smallest absolute Gasteiger partial charge is 0.458 e. The minimum atomic E-state index is -1.04. The van der Waals surface area contributed by atoms with Crippen molar-refractivity contribution in [3.8, 4) is 11.5 Å². The van der Waals surface area contributed by atoms with Crippen LogP contribution in [0, 0.1) is 0 Å². The zero-order valence-electron chi connectivity index (χ0n) is 20.5. The molecular formula is C24H35NO9. The van der Waals surface area contributed by atoms with Crippen molar-refractivity contribution < 1.29 is 42.9 Å². The number of nitrogens with two attached hydrogens (primary N) is 1. The van der Waals surface area contributed by atoms with E-state index in [1.165, 1.54) is 12.1 Å². The monoisotopic (exact) mass is 481 g/mol. The number of benzene rings is 1. The topological polar surface area (TPSA) is 140 Å². The van der Waals surface area contributed by atoms with Crippen LogP contribution in [0.3, 0.4) is 0 Å². The van der Waals surface area contributed by atoms with Gasteiger partial charge in [0.25, 0.3) is 0 Å². The quantitative estimate of drug-likeness (QED) is 0.329. The van der Waals surface area contributed by atoms with Crippen LogP contribution in [0.2, 0.25) is 0 Å². The Kier molecular flexibility index (Phi) is 12.7. The molecule has 1 rings (SSSR count). The zero-order chi connectivity index (χ0) is 25.7. The third kappa shape index (κ3) is 10.2. The summed E-state index contributed by atoms with van der Waals surface area (Å²) >= 11 is 0. The zero-order valence-corrected chi connectivity index (χ0v) is 20.5. The van der Waals surface area contributed by atoms with Crippen molar-refractivity contribution in [3.05, 3.63) is 23.8 Å². The molecule has 190 valence electrons. The maximum absolute atomic E-state index is 12.4. The number of carbonyl (C=O) groups is 4. The maximum Gasteiger partial charge on any atom is 0.508 e. The largest absolute Gasteiger partial charge is 0.508 e. The summed E-state index contributed by atoms with van der Waals surface area (Å²) in [7, 11) is 0. The Morgan fingerprint density at radius 1 is 0.853 bits per heavy atom. The molecule has 0 bridgehead atoms. The molecule has 0 aromatic heterocycles. The standard InChI is InChI=1S/C24H35NO9/c1-6-9-21(26)33-19-12-11-17(14-20(19)34-22(27)10-7-2)13-18(25)23(28)31-15(4)16(5)32-24(29)30-8-3/h11-12,14-16,18H,6-10,13,25H2,1-5H3/t15-,16-,18-/m0/s1. The average Bonchev–Trinajstić information content (AvgIpc) is 2.75. The molecule has 0 saturated heterocycles. The van der Waals surface area contributed by atoms with Gasteiger partial charge in [0.1, 0.15) is 18.2 Å². The summed E-state index contributed by atoms with van der Waals surface area (Å²) in [6.45, 7) is 8.63. The van der Waals surface area contributed by atoms with Crippen molar-refractivity contribution in [2.45, 2.75) is 85.0 Å². The van der Waals surface area contributed by atoms with E-state index in [4.69, 9.17) is 29.4 Å². The summed E-state index contributed by atoms with van der Waals surface area (Å²) in [4.78, 5) is 47.8. The van der Waals surface area contributed by atoms with Crippen LogP contribution in [0.15, 0.2) is 18.2 Å². The maximum atomic E-state index is 12.4. The molecule has 10 nitrogen and oxygen atoms in total. The Morgan fingerprint density at radius 3 is 1.97 bits per heavy atom. The first kappa shape index (κ1) is 28.9. The highest BCUT2D eigenvalue weighted by atomic mass is 16.7. The van der Waals surface area contributed by atoms with Crippen LogP contribution in [0.4, 0.5) is 4.79 Å². The van der Waals surface area contributed by atoms with Gasteiger partial charge in [-0.15, -0.1) is 0 Å². The Morgan fingerprint density at radius 2 is 1.41 bits per heavy atom. The van der Waals surface area contributed by atoms with Gasteiger partial charge in [-0.25, -0.2) is 4.79 Å². The van der Waals surface area contributed by atoms with E-state index >= 15 is 0 Å². The summed E-state index contributed by atoms with van der Waals surface area (Å²) in [5.41, 5.74) is 6.58. The van der Waals surface area contributed by atoms with Gasteiger partial charge in [-0.05, 0) is 57.7 Å². The lowest BCUT2D eigenvalue weighted by atomic mass is 10.1. The van der Waals surface area contributed by atoms with E-state index in [0.717, 1.165) is 0 Å². The first-order valence-corrected chi connectivity index (χ1v) is 11.4. The molecular weight excluding hydrogens is 446 g/mol. The Hall–Kier alpha value is -3.14. The van der Waals surface area contributed by atoms with E-state index in [1.54, 1.807) is 26.8 Å². The number of carbonyl (C=O) groups excluding carboxylic acids is 4. The summed E-state index contributed by atoms with van der Waals surface area (Å²) in [5.74, 6) is -1.43. The second-order valence-corrected chi connectivity index (χ2v) is 7.69. The molecule has 0 amide bonds. The molecule has 0 aliphatic carbocycles. The highest BCUT2D eigenvalue weighted by Gasteiger charge is 2.25. The van der Waals surface area contributed by atoms with E-state index in [1.807, 2.05) is 13.8 Å². The molecule has 0 saturated carbocycles.